The van der Waals surface area contributed by atoms with Gasteiger partial charge in [-0.15, -0.1) is 0 Å². The molecule has 1 spiro atoms. The van der Waals surface area contributed by atoms with E-state index in [1.807, 2.05) is 4.90 Å². The van der Waals surface area contributed by atoms with Crippen LogP contribution < -0.4 is 0 Å². The molecule has 4 rings (SSSR count). The third-order valence-corrected chi connectivity index (χ3v) is 9.32. The van der Waals surface area contributed by atoms with Crippen LogP contribution in [0.15, 0.2) is 30.3 Å². The number of Topliss-reactive ketones (excluding diaryl/α,β-unsaturated/α-hetero) is 1. The molecule has 8 nitrogen and oxygen atoms in total. The van der Waals surface area contributed by atoms with Gasteiger partial charge in [0.05, 0.1) is 38.5 Å². The number of hydrogen-bond donors (Lipinski definition) is 0. The van der Waals surface area contributed by atoms with E-state index in [0.717, 1.165) is 32.2 Å². The van der Waals surface area contributed by atoms with Crippen LogP contribution in [0.3, 0.4) is 0 Å². The van der Waals surface area contributed by atoms with Gasteiger partial charge in [0, 0.05) is 38.8 Å². The lowest BCUT2D eigenvalue weighted by Crippen LogP contribution is -2.56. The van der Waals surface area contributed by atoms with Crippen LogP contribution in [0.2, 0.25) is 0 Å². The maximum absolute atomic E-state index is 13.7. The van der Waals surface area contributed by atoms with Gasteiger partial charge in [-0.25, -0.2) is 4.79 Å². The Morgan fingerprint density at radius 1 is 0.974 bits per heavy atom. The van der Waals surface area contributed by atoms with Crippen molar-refractivity contribution in [2.75, 3.05) is 73.9 Å². The van der Waals surface area contributed by atoms with E-state index in [0.29, 0.717) is 58.3 Å². The second kappa shape index (κ2) is 14.1. The molecule has 1 aliphatic heterocycles. The average molecular weight is 544 g/mol. The summed E-state index contributed by atoms with van der Waals surface area (Å²) in [5.74, 6) is 0.721. The van der Waals surface area contributed by atoms with Crippen LogP contribution in [0, 0.1) is 5.92 Å². The number of benzene rings is 1. The Morgan fingerprint density at radius 3 is 2.26 bits per heavy atom. The molecule has 2 saturated carbocycles. The second-order valence-electron chi connectivity index (χ2n) is 11.9. The first-order valence-electron chi connectivity index (χ1n) is 14.9. The Balaban J connectivity index is 1.32. The number of urea groups is 1. The molecule has 218 valence electrons. The molecule has 8 heteroatoms. The monoisotopic (exact) mass is 543 g/mol. The Morgan fingerprint density at radius 2 is 1.64 bits per heavy atom. The number of nitrogens with zero attached hydrogens (tertiary/aromatic N) is 3. The number of carbonyl (C=O) groups is 2. The van der Waals surface area contributed by atoms with Gasteiger partial charge in [0.1, 0.15) is 0 Å². The zero-order chi connectivity index (χ0) is 27.7. The topological polar surface area (TPSA) is 71.6 Å². The fourth-order valence-electron chi connectivity index (χ4n) is 6.64. The van der Waals surface area contributed by atoms with Crippen molar-refractivity contribution >= 4 is 11.8 Å². The third kappa shape index (κ3) is 7.20. The standard InChI is InChI=1S/C31H49N3O5/c1-32(2)31(27-11-5-4-6-12-27)16-14-30(15-17-31)25-33(29(36)34(30)23-26-9-7-10-26)24-28(35)13-8-18-38-21-22-39-20-19-37-3/h4-6,11-12,26H,7-10,13-25H2,1-3H3. The van der Waals surface area contributed by atoms with Crippen molar-refractivity contribution in [3.63, 3.8) is 0 Å². The molecule has 39 heavy (non-hydrogen) atoms. The summed E-state index contributed by atoms with van der Waals surface area (Å²) < 4.78 is 15.9. The molecule has 2 aliphatic carbocycles. The minimum atomic E-state index is -0.173. The second-order valence-corrected chi connectivity index (χ2v) is 11.9. The van der Waals surface area contributed by atoms with Crippen molar-refractivity contribution in [1.82, 2.24) is 14.7 Å². The van der Waals surface area contributed by atoms with E-state index < -0.39 is 0 Å². The highest BCUT2D eigenvalue weighted by Gasteiger charge is 2.55. The maximum atomic E-state index is 13.7. The quantitative estimate of drug-likeness (QED) is 0.289. The van der Waals surface area contributed by atoms with Crippen LogP contribution in [0.25, 0.3) is 0 Å². The number of carbonyl (C=O) groups excluding carboxylic acids is 2. The van der Waals surface area contributed by atoms with E-state index in [-0.39, 0.29) is 29.4 Å². The molecular weight excluding hydrogens is 494 g/mol. The first-order chi connectivity index (χ1) is 18.9. The molecule has 3 fully saturated rings. The van der Waals surface area contributed by atoms with Crippen LogP contribution in [0.5, 0.6) is 0 Å². The number of methoxy groups -OCH3 is 1. The highest BCUT2D eigenvalue weighted by Crippen LogP contribution is 2.49. The van der Waals surface area contributed by atoms with E-state index in [2.05, 4.69) is 54.2 Å². The van der Waals surface area contributed by atoms with Crippen molar-refractivity contribution in [2.45, 2.75) is 68.9 Å². The molecule has 1 saturated heterocycles. The van der Waals surface area contributed by atoms with E-state index in [1.165, 1.54) is 24.8 Å². The molecule has 0 atom stereocenters. The minimum Gasteiger partial charge on any atom is -0.382 e. The van der Waals surface area contributed by atoms with Gasteiger partial charge >= 0.3 is 6.03 Å². The van der Waals surface area contributed by atoms with E-state index >= 15 is 0 Å². The maximum Gasteiger partial charge on any atom is 0.321 e. The molecule has 1 aromatic carbocycles. The number of amides is 2. The molecule has 1 heterocycles. The molecule has 0 bridgehead atoms. The highest BCUT2D eigenvalue weighted by molar-refractivity contribution is 5.87. The van der Waals surface area contributed by atoms with E-state index in [1.54, 1.807) is 7.11 Å². The van der Waals surface area contributed by atoms with Crippen molar-refractivity contribution in [3.8, 4) is 0 Å². The molecule has 2 amide bonds. The van der Waals surface area contributed by atoms with Crippen LogP contribution >= 0.6 is 0 Å². The third-order valence-electron chi connectivity index (χ3n) is 9.32. The predicted octanol–water partition coefficient (Wildman–Crippen LogP) is 4.32. The van der Waals surface area contributed by atoms with Crippen LogP contribution in [0.1, 0.15) is 63.4 Å². The summed E-state index contributed by atoms with van der Waals surface area (Å²) in [5, 5.41) is 0. The summed E-state index contributed by atoms with van der Waals surface area (Å²) >= 11 is 0. The molecule has 0 unspecified atom stereocenters. The summed E-state index contributed by atoms with van der Waals surface area (Å²) in [6.45, 7) is 4.41. The van der Waals surface area contributed by atoms with Gasteiger partial charge in [0.15, 0.2) is 5.78 Å². The normalized spacial score (nSPS) is 25.6. The van der Waals surface area contributed by atoms with Crippen LogP contribution in [0.4, 0.5) is 4.79 Å². The molecular formula is C31H49N3O5. The smallest absolute Gasteiger partial charge is 0.321 e. The Hall–Kier alpha value is -2.00. The molecule has 0 radical (unpaired) electrons. The zero-order valence-corrected chi connectivity index (χ0v) is 24.4. The Bertz CT molecular complexity index is 912. The van der Waals surface area contributed by atoms with Gasteiger partial charge in [-0.2, -0.15) is 0 Å². The summed E-state index contributed by atoms with van der Waals surface area (Å²) in [5.41, 5.74) is 1.17. The van der Waals surface area contributed by atoms with Gasteiger partial charge in [0.2, 0.25) is 0 Å². The van der Waals surface area contributed by atoms with Crippen LogP contribution in [-0.4, -0.2) is 106 Å². The van der Waals surface area contributed by atoms with Crippen molar-refractivity contribution in [1.29, 1.82) is 0 Å². The lowest BCUT2D eigenvalue weighted by molar-refractivity contribution is -0.120. The number of rotatable bonds is 16. The average Bonchev–Trinajstić information content (AvgIpc) is 3.15. The Labute approximate surface area is 234 Å². The van der Waals surface area contributed by atoms with Crippen molar-refractivity contribution in [2.24, 2.45) is 5.92 Å². The Kier molecular flexibility index (Phi) is 10.8. The summed E-state index contributed by atoms with van der Waals surface area (Å²) in [6, 6.07) is 10.9. The summed E-state index contributed by atoms with van der Waals surface area (Å²) in [4.78, 5) is 33.0. The lowest BCUT2D eigenvalue weighted by atomic mass is 9.68. The number of ether oxygens (including phenoxy) is 3. The molecule has 0 N–H and O–H groups in total. The highest BCUT2D eigenvalue weighted by atomic mass is 16.5. The van der Waals surface area contributed by atoms with Gasteiger partial charge in [-0.3, -0.25) is 9.69 Å². The predicted molar refractivity (Wildman–Crippen MR) is 152 cm³/mol. The first kappa shape index (κ1) is 30.0. The number of hydrogen-bond acceptors (Lipinski definition) is 6. The summed E-state index contributed by atoms with van der Waals surface area (Å²) in [7, 11) is 6.01. The molecule has 1 aromatic rings. The number of ketones is 1. The van der Waals surface area contributed by atoms with Gasteiger partial charge in [0.25, 0.3) is 0 Å². The fourth-order valence-corrected chi connectivity index (χ4v) is 6.64. The van der Waals surface area contributed by atoms with E-state index in [4.69, 9.17) is 14.2 Å². The lowest BCUT2D eigenvalue weighted by Gasteiger charge is -2.51. The van der Waals surface area contributed by atoms with Gasteiger partial charge in [-0.1, -0.05) is 36.8 Å². The largest absolute Gasteiger partial charge is 0.382 e. The fraction of sp³-hybridized carbons (Fsp3) is 0.742. The molecule has 0 aromatic heterocycles. The first-order valence-corrected chi connectivity index (χ1v) is 14.9. The zero-order valence-electron chi connectivity index (χ0n) is 24.4. The molecule has 3 aliphatic rings. The van der Waals surface area contributed by atoms with E-state index in [9.17, 15) is 9.59 Å². The van der Waals surface area contributed by atoms with Crippen molar-refractivity contribution in [3.05, 3.63) is 35.9 Å². The van der Waals surface area contributed by atoms with Gasteiger partial charge in [-0.05, 0) is 70.5 Å². The van der Waals surface area contributed by atoms with Crippen molar-refractivity contribution < 1.29 is 23.8 Å². The SMILES string of the molecule is COCCOCCOCCCC(=O)CN1CC2(CCC(c3ccccc3)(N(C)C)CC2)N(CC2CCC2)C1=O. The van der Waals surface area contributed by atoms with Gasteiger partial charge < -0.3 is 24.0 Å². The summed E-state index contributed by atoms with van der Waals surface area (Å²) in [6.07, 6.45) is 8.72. The van der Waals surface area contributed by atoms with Crippen LogP contribution in [-0.2, 0) is 24.5 Å². The minimum absolute atomic E-state index is 0.0181.